The highest BCUT2D eigenvalue weighted by atomic mass is 14.7. The Hall–Kier alpha value is 0. The molecule has 4 atom stereocenters. The SMILES string of the molecule is CCCCC1CC1(C)C1(C)CCC1C. The molecule has 0 aromatic carbocycles. The third-order valence-electron chi connectivity index (χ3n) is 5.81. The van der Waals surface area contributed by atoms with Gasteiger partial charge in [-0.2, -0.15) is 0 Å². The summed E-state index contributed by atoms with van der Waals surface area (Å²) in [6, 6.07) is 0. The van der Waals surface area contributed by atoms with E-state index in [0.29, 0.717) is 5.41 Å². The van der Waals surface area contributed by atoms with Crippen molar-refractivity contribution in [1.29, 1.82) is 0 Å². The third kappa shape index (κ3) is 1.26. The van der Waals surface area contributed by atoms with Crippen molar-refractivity contribution >= 4 is 0 Å². The molecule has 0 heterocycles. The first-order chi connectivity index (χ1) is 6.54. The number of hydrogen-bond donors (Lipinski definition) is 0. The topological polar surface area (TPSA) is 0 Å². The van der Waals surface area contributed by atoms with E-state index in [9.17, 15) is 0 Å². The zero-order chi connectivity index (χ0) is 10.4. The van der Waals surface area contributed by atoms with Gasteiger partial charge in [-0.3, -0.25) is 0 Å². The van der Waals surface area contributed by atoms with Crippen LogP contribution in [0, 0.1) is 22.7 Å². The fourth-order valence-corrected chi connectivity index (χ4v) is 3.74. The molecular weight excluding hydrogens is 168 g/mol. The summed E-state index contributed by atoms with van der Waals surface area (Å²) in [6.45, 7) is 9.88. The van der Waals surface area contributed by atoms with Crippen LogP contribution in [0.15, 0.2) is 0 Å². The van der Waals surface area contributed by atoms with Gasteiger partial charge in [-0.05, 0) is 48.3 Å². The molecule has 0 amide bonds. The Balaban J connectivity index is 1.93. The van der Waals surface area contributed by atoms with Gasteiger partial charge in [-0.25, -0.2) is 0 Å². The van der Waals surface area contributed by atoms with Gasteiger partial charge in [0, 0.05) is 0 Å². The second-order valence-corrected chi connectivity index (χ2v) is 6.32. The predicted octanol–water partition coefficient (Wildman–Crippen LogP) is 4.64. The molecule has 2 saturated carbocycles. The molecular formula is C14H26. The molecule has 0 heteroatoms. The lowest BCUT2D eigenvalue weighted by atomic mass is 9.54. The van der Waals surface area contributed by atoms with Crippen LogP contribution in [0.2, 0.25) is 0 Å². The Morgan fingerprint density at radius 2 is 1.93 bits per heavy atom. The summed E-state index contributed by atoms with van der Waals surface area (Å²) in [5, 5.41) is 0. The normalized spacial score (nSPS) is 51.4. The van der Waals surface area contributed by atoms with E-state index >= 15 is 0 Å². The molecule has 2 aliphatic carbocycles. The smallest absolute Gasteiger partial charge is 0.0238 e. The molecule has 0 saturated heterocycles. The molecule has 0 radical (unpaired) electrons. The maximum atomic E-state index is 2.56. The number of hydrogen-bond acceptors (Lipinski definition) is 0. The van der Waals surface area contributed by atoms with Gasteiger partial charge in [-0.1, -0.05) is 40.5 Å². The van der Waals surface area contributed by atoms with Crippen LogP contribution in [0.1, 0.15) is 66.2 Å². The number of unbranched alkanes of at least 4 members (excludes halogenated alkanes) is 1. The molecule has 2 rings (SSSR count). The van der Waals surface area contributed by atoms with Crippen LogP contribution in [-0.4, -0.2) is 0 Å². The highest BCUT2D eigenvalue weighted by Gasteiger charge is 2.64. The summed E-state index contributed by atoms with van der Waals surface area (Å²) in [4.78, 5) is 0. The van der Waals surface area contributed by atoms with E-state index in [2.05, 4.69) is 27.7 Å². The van der Waals surface area contributed by atoms with Crippen molar-refractivity contribution in [3.05, 3.63) is 0 Å². The lowest BCUT2D eigenvalue weighted by Crippen LogP contribution is -2.43. The fraction of sp³-hybridized carbons (Fsp3) is 1.00. The van der Waals surface area contributed by atoms with Gasteiger partial charge in [0.15, 0.2) is 0 Å². The zero-order valence-corrected chi connectivity index (χ0v) is 10.4. The Morgan fingerprint density at radius 3 is 2.36 bits per heavy atom. The highest BCUT2D eigenvalue weighted by Crippen LogP contribution is 2.72. The van der Waals surface area contributed by atoms with Crippen LogP contribution in [0.25, 0.3) is 0 Å². The summed E-state index contributed by atoms with van der Waals surface area (Å²) < 4.78 is 0. The van der Waals surface area contributed by atoms with Crippen LogP contribution in [0.5, 0.6) is 0 Å². The van der Waals surface area contributed by atoms with E-state index < -0.39 is 0 Å². The van der Waals surface area contributed by atoms with Gasteiger partial charge in [0.25, 0.3) is 0 Å². The Labute approximate surface area is 89.5 Å². The summed E-state index contributed by atoms with van der Waals surface area (Å²) in [5.74, 6) is 2.05. The van der Waals surface area contributed by atoms with Crippen LogP contribution in [0.3, 0.4) is 0 Å². The summed E-state index contributed by atoms with van der Waals surface area (Å²) >= 11 is 0. The van der Waals surface area contributed by atoms with Crippen LogP contribution < -0.4 is 0 Å². The minimum absolute atomic E-state index is 0.700. The minimum Gasteiger partial charge on any atom is -0.0654 e. The zero-order valence-electron chi connectivity index (χ0n) is 10.4. The molecule has 14 heavy (non-hydrogen) atoms. The van der Waals surface area contributed by atoms with E-state index in [-0.39, 0.29) is 0 Å². The van der Waals surface area contributed by atoms with Crippen LogP contribution in [-0.2, 0) is 0 Å². The summed E-state index contributed by atoms with van der Waals surface area (Å²) in [5.41, 5.74) is 1.42. The molecule has 0 N–H and O–H groups in total. The van der Waals surface area contributed by atoms with E-state index in [4.69, 9.17) is 0 Å². The fourth-order valence-electron chi connectivity index (χ4n) is 3.74. The first-order valence-electron chi connectivity index (χ1n) is 6.54. The largest absolute Gasteiger partial charge is 0.0654 e. The molecule has 0 nitrogen and oxygen atoms in total. The van der Waals surface area contributed by atoms with Crippen molar-refractivity contribution in [2.75, 3.05) is 0 Å². The monoisotopic (exact) mass is 194 g/mol. The summed E-state index contributed by atoms with van der Waals surface area (Å²) in [6.07, 6.45) is 8.81. The Kier molecular flexibility index (Phi) is 2.44. The van der Waals surface area contributed by atoms with Gasteiger partial charge in [0.05, 0.1) is 0 Å². The van der Waals surface area contributed by atoms with Crippen molar-refractivity contribution in [2.45, 2.75) is 66.2 Å². The average molecular weight is 194 g/mol. The molecule has 0 aromatic heterocycles. The number of rotatable bonds is 4. The van der Waals surface area contributed by atoms with E-state index in [0.717, 1.165) is 17.3 Å². The first-order valence-corrected chi connectivity index (χ1v) is 6.54. The second kappa shape index (κ2) is 3.25. The van der Waals surface area contributed by atoms with Gasteiger partial charge < -0.3 is 0 Å². The van der Waals surface area contributed by atoms with Crippen LogP contribution >= 0.6 is 0 Å². The molecule has 82 valence electrons. The van der Waals surface area contributed by atoms with E-state index in [1.54, 1.807) is 0 Å². The molecule has 2 fully saturated rings. The lowest BCUT2D eigenvalue weighted by molar-refractivity contribution is -0.0189. The molecule has 0 aromatic rings. The average Bonchev–Trinajstić information content (AvgIpc) is 2.84. The second-order valence-electron chi connectivity index (χ2n) is 6.32. The van der Waals surface area contributed by atoms with Crippen molar-refractivity contribution in [1.82, 2.24) is 0 Å². The predicted molar refractivity (Wildman–Crippen MR) is 62.2 cm³/mol. The maximum absolute atomic E-state index is 2.56. The van der Waals surface area contributed by atoms with Crippen molar-refractivity contribution in [3.8, 4) is 0 Å². The molecule has 4 unspecified atom stereocenters. The Morgan fingerprint density at radius 1 is 1.21 bits per heavy atom. The van der Waals surface area contributed by atoms with Gasteiger partial charge in [0.2, 0.25) is 0 Å². The molecule has 0 spiro atoms. The van der Waals surface area contributed by atoms with E-state index in [1.807, 2.05) is 0 Å². The van der Waals surface area contributed by atoms with Crippen molar-refractivity contribution in [3.63, 3.8) is 0 Å². The first kappa shape index (κ1) is 10.5. The van der Waals surface area contributed by atoms with Crippen LogP contribution in [0.4, 0.5) is 0 Å². The van der Waals surface area contributed by atoms with Crippen molar-refractivity contribution in [2.24, 2.45) is 22.7 Å². The quantitative estimate of drug-likeness (QED) is 0.611. The van der Waals surface area contributed by atoms with Gasteiger partial charge >= 0.3 is 0 Å². The van der Waals surface area contributed by atoms with Gasteiger partial charge in [0.1, 0.15) is 0 Å². The maximum Gasteiger partial charge on any atom is -0.0238 e. The highest BCUT2D eigenvalue weighted by molar-refractivity contribution is 5.13. The summed E-state index contributed by atoms with van der Waals surface area (Å²) in [7, 11) is 0. The van der Waals surface area contributed by atoms with E-state index in [1.165, 1.54) is 38.5 Å². The standard InChI is InChI=1S/C14H26/c1-5-6-7-12-10-14(12,4)13(3)9-8-11(13)2/h11-12H,5-10H2,1-4H3. The molecule has 0 bridgehead atoms. The Bertz CT molecular complexity index is 220. The lowest BCUT2D eigenvalue weighted by Gasteiger charge is -2.51. The third-order valence-corrected chi connectivity index (χ3v) is 5.81. The minimum atomic E-state index is 0.700. The molecule has 0 aliphatic heterocycles. The van der Waals surface area contributed by atoms with Gasteiger partial charge in [-0.15, -0.1) is 0 Å². The molecule has 2 aliphatic rings. The van der Waals surface area contributed by atoms with Crippen molar-refractivity contribution < 1.29 is 0 Å².